The van der Waals surface area contributed by atoms with Gasteiger partial charge in [0.2, 0.25) is 11.7 Å². The number of benzene rings is 1. The predicted octanol–water partition coefficient (Wildman–Crippen LogP) is 2.93. The monoisotopic (exact) mass is 243 g/mol. The molecule has 0 fully saturated rings. The van der Waals surface area contributed by atoms with Gasteiger partial charge in [-0.25, -0.2) is 0 Å². The largest absolute Gasteiger partial charge is 0.398 e. The number of hydrogen-bond donors (Lipinski definition) is 1. The zero-order valence-electron chi connectivity index (χ0n) is 7.79. The third-order valence-electron chi connectivity index (χ3n) is 1.85. The highest BCUT2D eigenvalue weighted by Crippen LogP contribution is 2.32. The van der Waals surface area contributed by atoms with Gasteiger partial charge in [0, 0.05) is 12.5 Å². The van der Waals surface area contributed by atoms with E-state index < -0.39 is 0 Å². The van der Waals surface area contributed by atoms with E-state index in [1.54, 1.807) is 19.1 Å². The fourth-order valence-electron chi connectivity index (χ4n) is 1.15. The van der Waals surface area contributed by atoms with Gasteiger partial charge in [-0.1, -0.05) is 28.4 Å². The van der Waals surface area contributed by atoms with E-state index in [1.165, 1.54) is 0 Å². The number of nitrogens with two attached hydrogens (primary N) is 1. The molecule has 0 atom stereocenters. The fraction of sp³-hybridized carbons (Fsp3) is 0.111. The highest BCUT2D eigenvalue weighted by molar-refractivity contribution is 6.37. The molecule has 0 saturated heterocycles. The molecule has 0 aliphatic carbocycles. The lowest BCUT2D eigenvalue weighted by atomic mass is 10.2. The third-order valence-corrected chi connectivity index (χ3v) is 2.49. The van der Waals surface area contributed by atoms with E-state index >= 15 is 0 Å². The van der Waals surface area contributed by atoms with E-state index in [0.29, 0.717) is 33.0 Å². The summed E-state index contributed by atoms with van der Waals surface area (Å²) in [4.78, 5) is 4.05. The predicted molar refractivity (Wildman–Crippen MR) is 58.9 cm³/mol. The second-order valence-corrected chi connectivity index (χ2v) is 3.80. The van der Waals surface area contributed by atoms with E-state index in [1.807, 2.05) is 0 Å². The van der Waals surface area contributed by atoms with Crippen molar-refractivity contribution in [2.24, 2.45) is 0 Å². The number of halogens is 2. The smallest absolute Gasteiger partial charge is 0.223 e. The first-order valence-electron chi connectivity index (χ1n) is 4.13. The summed E-state index contributed by atoms with van der Waals surface area (Å²) in [5.41, 5.74) is 6.69. The summed E-state index contributed by atoms with van der Waals surface area (Å²) >= 11 is 11.8. The van der Waals surface area contributed by atoms with Crippen LogP contribution >= 0.6 is 23.2 Å². The van der Waals surface area contributed by atoms with Crippen LogP contribution in [0.5, 0.6) is 0 Å². The maximum Gasteiger partial charge on any atom is 0.223 e. The zero-order valence-corrected chi connectivity index (χ0v) is 9.30. The molecule has 0 bridgehead atoms. The number of aromatic nitrogens is 2. The van der Waals surface area contributed by atoms with Crippen LogP contribution in [-0.2, 0) is 0 Å². The van der Waals surface area contributed by atoms with Gasteiger partial charge in [0.25, 0.3) is 0 Å². The minimum atomic E-state index is 0.404. The van der Waals surface area contributed by atoms with E-state index in [-0.39, 0.29) is 0 Å². The Bertz CT molecular complexity index is 510. The first kappa shape index (κ1) is 10.3. The Morgan fingerprint density at radius 1 is 1.27 bits per heavy atom. The van der Waals surface area contributed by atoms with Gasteiger partial charge >= 0.3 is 0 Å². The van der Waals surface area contributed by atoms with Gasteiger partial charge in [-0.05, 0) is 12.1 Å². The molecule has 0 unspecified atom stereocenters. The average molecular weight is 244 g/mol. The van der Waals surface area contributed by atoms with Crippen molar-refractivity contribution >= 4 is 28.9 Å². The molecule has 4 nitrogen and oxygen atoms in total. The van der Waals surface area contributed by atoms with Crippen LogP contribution in [0.4, 0.5) is 5.69 Å². The normalized spacial score (nSPS) is 10.6. The summed E-state index contributed by atoms with van der Waals surface area (Å²) in [6, 6.07) is 3.18. The van der Waals surface area contributed by atoms with Gasteiger partial charge in [-0.2, -0.15) is 4.98 Å². The number of aryl methyl sites for hydroxylation is 1. The average Bonchev–Trinajstić information content (AvgIpc) is 2.58. The minimum Gasteiger partial charge on any atom is -0.398 e. The highest BCUT2D eigenvalue weighted by Gasteiger charge is 2.12. The summed E-state index contributed by atoms with van der Waals surface area (Å²) in [7, 11) is 0. The number of hydrogen-bond acceptors (Lipinski definition) is 4. The maximum absolute atomic E-state index is 5.98. The Morgan fingerprint density at radius 2 is 2.00 bits per heavy atom. The molecule has 0 amide bonds. The van der Waals surface area contributed by atoms with Crippen molar-refractivity contribution in [1.29, 1.82) is 0 Å². The molecule has 2 aromatic rings. The van der Waals surface area contributed by atoms with E-state index in [9.17, 15) is 0 Å². The maximum atomic E-state index is 5.98. The Kier molecular flexibility index (Phi) is 2.54. The van der Waals surface area contributed by atoms with Gasteiger partial charge in [0.15, 0.2) is 0 Å². The van der Waals surface area contributed by atoms with E-state index in [2.05, 4.69) is 10.1 Å². The van der Waals surface area contributed by atoms with Crippen molar-refractivity contribution in [3.05, 3.63) is 28.1 Å². The number of rotatable bonds is 1. The summed E-state index contributed by atoms with van der Waals surface area (Å²) < 4.78 is 4.85. The molecule has 0 radical (unpaired) electrons. The molecule has 2 N–H and O–H groups in total. The molecule has 15 heavy (non-hydrogen) atoms. The summed E-state index contributed by atoms with van der Waals surface area (Å²) in [5, 5.41) is 4.59. The van der Waals surface area contributed by atoms with E-state index in [0.717, 1.165) is 0 Å². The standard InChI is InChI=1S/C9H7Cl2N3O/c1-4-13-9(14-15-4)5-2-8(12)7(11)3-6(5)10/h2-3H,12H2,1H3. The molecular formula is C9H7Cl2N3O. The third kappa shape index (κ3) is 1.91. The van der Waals surface area contributed by atoms with Crippen LogP contribution in [0.25, 0.3) is 11.4 Å². The number of nitrogens with zero attached hydrogens (tertiary/aromatic N) is 2. The molecule has 0 aliphatic heterocycles. The highest BCUT2D eigenvalue weighted by atomic mass is 35.5. The van der Waals surface area contributed by atoms with Crippen LogP contribution in [0.1, 0.15) is 5.89 Å². The van der Waals surface area contributed by atoms with Gasteiger partial charge in [-0.15, -0.1) is 0 Å². The van der Waals surface area contributed by atoms with Crippen LogP contribution < -0.4 is 5.73 Å². The fourth-order valence-corrected chi connectivity index (χ4v) is 1.61. The second kappa shape index (κ2) is 3.72. The molecule has 78 valence electrons. The molecule has 1 aromatic heterocycles. The zero-order chi connectivity index (χ0) is 11.0. The lowest BCUT2D eigenvalue weighted by molar-refractivity contribution is 0.394. The van der Waals surface area contributed by atoms with Crippen molar-refractivity contribution in [2.45, 2.75) is 6.92 Å². The lowest BCUT2D eigenvalue weighted by Crippen LogP contribution is -1.90. The summed E-state index contributed by atoms with van der Waals surface area (Å²) in [5.74, 6) is 0.871. The topological polar surface area (TPSA) is 64.9 Å². The molecule has 0 saturated carbocycles. The van der Waals surface area contributed by atoms with Crippen LogP contribution in [-0.4, -0.2) is 10.1 Å². The Labute approximate surface area is 96.0 Å². The van der Waals surface area contributed by atoms with Crippen molar-refractivity contribution < 1.29 is 4.52 Å². The second-order valence-electron chi connectivity index (χ2n) is 2.99. The van der Waals surface area contributed by atoms with Crippen LogP contribution in [0, 0.1) is 6.92 Å². The molecule has 1 aromatic carbocycles. The van der Waals surface area contributed by atoms with Gasteiger partial charge in [-0.3, -0.25) is 0 Å². The van der Waals surface area contributed by atoms with Crippen molar-refractivity contribution in [3.8, 4) is 11.4 Å². The van der Waals surface area contributed by atoms with Crippen LogP contribution in [0.3, 0.4) is 0 Å². The first-order valence-corrected chi connectivity index (χ1v) is 4.88. The molecule has 2 rings (SSSR count). The van der Waals surface area contributed by atoms with Crippen molar-refractivity contribution in [1.82, 2.24) is 10.1 Å². The Hall–Kier alpha value is -1.26. The van der Waals surface area contributed by atoms with Crippen molar-refractivity contribution in [2.75, 3.05) is 5.73 Å². The SMILES string of the molecule is Cc1nc(-c2cc(N)c(Cl)cc2Cl)no1. The molecule has 0 spiro atoms. The van der Waals surface area contributed by atoms with Gasteiger partial charge in [0.05, 0.1) is 15.7 Å². The summed E-state index contributed by atoms with van der Waals surface area (Å²) in [6.07, 6.45) is 0. The van der Waals surface area contributed by atoms with Gasteiger partial charge in [0.1, 0.15) is 0 Å². The molecule has 1 heterocycles. The van der Waals surface area contributed by atoms with Crippen molar-refractivity contribution in [3.63, 3.8) is 0 Å². The number of anilines is 1. The van der Waals surface area contributed by atoms with Crippen LogP contribution in [0.15, 0.2) is 16.7 Å². The molecule has 0 aliphatic rings. The Balaban J connectivity index is 2.58. The lowest BCUT2D eigenvalue weighted by Gasteiger charge is -2.02. The minimum absolute atomic E-state index is 0.404. The number of nitrogen functional groups attached to an aromatic ring is 1. The summed E-state index contributed by atoms with van der Waals surface area (Å²) in [6.45, 7) is 1.70. The quantitative estimate of drug-likeness (QED) is 0.783. The molecule has 6 heteroatoms. The van der Waals surface area contributed by atoms with E-state index in [4.69, 9.17) is 33.5 Å². The Morgan fingerprint density at radius 3 is 2.60 bits per heavy atom. The van der Waals surface area contributed by atoms with Gasteiger partial charge < -0.3 is 10.3 Å². The first-order chi connectivity index (χ1) is 7.08. The van der Waals surface area contributed by atoms with Crippen LogP contribution in [0.2, 0.25) is 10.0 Å². The molecular weight excluding hydrogens is 237 g/mol.